The lowest BCUT2D eigenvalue weighted by atomic mass is 10.2. The number of nitrogens with zero attached hydrogens (tertiary/aromatic N) is 4. The van der Waals surface area contributed by atoms with Crippen LogP contribution in [-0.4, -0.2) is 20.4 Å². The Balaban J connectivity index is 1.96. The van der Waals surface area contributed by atoms with E-state index < -0.39 is 0 Å². The average Bonchev–Trinajstić information content (AvgIpc) is 2.98. The van der Waals surface area contributed by atoms with E-state index in [-0.39, 0.29) is 5.91 Å². The molecular formula is C17H16N4O. The van der Waals surface area contributed by atoms with Crippen molar-refractivity contribution in [3.8, 4) is 0 Å². The van der Waals surface area contributed by atoms with Gasteiger partial charge >= 0.3 is 0 Å². The predicted octanol–water partition coefficient (Wildman–Crippen LogP) is 2.66. The van der Waals surface area contributed by atoms with Crippen molar-refractivity contribution < 1.29 is 4.79 Å². The van der Waals surface area contributed by atoms with Crippen LogP contribution in [-0.2, 0) is 13.6 Å². The number of aryl methyl sites for hydroxylation is 1. The quantitative estimate of drug-likeness (QED) is 0.743. The summed E-state index contributed by atoms with van der Waals surface area (Å²) in [5, 5.41) is 0. The molecule has 0 unspecified atom stereocenters. The first-order valence-corrected chi connectivity index (χ1v) is 6.99. The van der Waals surface area contributed by atoms with Crippen molar-refractivity contribution in [3.63, 3.8) is 0 Å². The monoisotopic (exact) mass is 292 g/mol. The average molecular weight is 292 g/mol. The van der Waals surface area contributed by atoms with Gasteiger partial charge in [0.1, 0.15) is 5.82 Å². The van der Waals surface area contributed by atoms with Crippen molar-refractivity contribution in [1.82, 2.24) is 14.5 Å². The molecule has 1 amide bonds. The van der Waals surface area contributed by atoms with E-state index in [1.165, 1.54) is 0 Å². The highest BCUT2D eigenvalue weighted by Gasteiger charge is 2.19. The Morgan fingerprint density at radius 1 is 1.09 bits per heavy atom. The van der Waals surface area contributed by atoms with Crippen LogP contribution in [0, 0.1) is 0 Å². The van der Waals surface area contributed by atoms with Crippen LogP contribution in [0.5, 0.6) is 0 Å². The number of hydrogen-bond acceptors (Lipinski definition) is 3. The zero-order valence-electron chi connectivity index (χ0n) is 12.3. The number of aromatic nitrogens is 3. The van der Waals surface area contributed by atoms with Crippen LogP contribution in [0.25, 0.3) is 0 Å². The van der Waals surface area contributed by atoms with Gasteiger partial charge in [-0.05, 0) is 24.3 Å². The van der Waals surface area contributed by atoms with Crippen LogP contribution in [0.3, 0.4) is 0 Å². The second kappa shape index (κ2) is 6.22. The second-order valence-electron chi connectivity index (χ2n) is 4.92. The predicted molar refractivity (Wildman–Crippen MR) is 84.4 cm³/mol. The molecule has 5 nitrogen and oxygen atoms in total. The lowest BCUT2D eigenvalue weighted by Gasteiger charge is -2.22. The highest BCUT2D eigenvalue weighted by Crippen LogP contribution is 2.19. The smallest absolute Gasteiger partial charge is 0.258 e. The van der Waals surface area contributed by atoms with E-state index in [4.69, 9.17) is 0 Å². The minimum Gasteiger partial charge on any atom is -0.337 e. The number of amides is 1. The molecule has 0 aliphatic rings. The normalized spacial score (nSPS) is 10.4. The third-order valence-corrected chi connectivity index (χ3v) is 3.46. The van der Waals surface area contributed by atoms with Crippen LogP contribution >= 0.6 is 0 Å². The third kappa shape index (κ3) is 2.88. The fraction of sp³-hybridized carbons (Fsp3) is 0.118. The lowest BCUT2D eigenvalue weighted by Crippen LogP contribution is -2.31. The van der Waals surface area contributed by atoms with Gasteiger partial charge in [0.05, 0.1) is 6.54 Å². The van der Waals surface area contributed by atoms with Gasteiger partial charge in [0.15, 0.2) is 0 Å². The summed E-state index contributed by atoms with van der Waals surface area (Å²) in [6.45, 7) is 0.411. The molecule has 22 heavy (non-hydrogen) atoms. The molecule has 3 rings (SSSR count). The van der Waals surface area contributed by atoms with Gasteiger partial charge < -0.3 is 9.47 Å². The van der Waals surface area contributed by atoms with E-state index in [1.54, 1.807) is 35.6 Å². The van der Waals surface area contributed by atoms with Crippen LogP contribution in [0.4, 0.5) is 5.69 Å². The molecule has 0 saturated heterocycles. The molecule has 110 valence electrons. The topological polar surface area (TPSA) is 51.0 Å². The molecule has 0 fully saturated rings. The first kappa shape index (κ1) is 14.0. The Bertz CT molecular complexity index is 753. The Labute approximate surface area is 128 Å². The van der Waals surface area contributed by atoms with Crippen molar-refractivity contribution >= 4 is 11.6 Å². The van der Waals surface area contributed by atoms with Crippen molar-refractivity contribution in [3.05, 3.63) is 78.6 Å². The number of carbonyl (C=O) groups excluding carboxylic acids is 1. The molecule has 0 aliphatic carbocycles. The SMILES string of the molecule is Cn1ccnc1CN(C(=O)c1ccncc1)c1ccccc1. The van der Waals surface area contributed by atoms with E-state index in [0.717, 1.165) is 11.5 Å². The Hall–Kier alpha value is -2.95. The number of carbonyl (C=O) groups is 1. The summed E-state index contributed by atoms with van der Waals surface area (Å²) < 4.78 is 1.91. The molecule has 0 N–H and O–H groups in total. The van der Waals surface area contributed by atoms with Crippen molar-refractivity contribution in [2.24, 2.45) is 7.05 Å². The summed E-state index contributed by atoms with van der Waals surface area (Å²) in [5.74, 6) is 0.753. The van der Waals surface area contributed by atoms with Crippen molar-refractivity contribution in [2.75, 3.05) is 4.90 Å². The maximum atomic E-state index is 12.8. The highest BCUT2D eigenvalue weighted by atomic mass is 16.2. The maximum Gasteiger partial charge on any atom is 0.258 e. The first-order valence-electron chi connectivity index (χ1n) is 6.99. The van der Waals surface area contributed by atoms with Gasteiger partial charge in [-0.3, -0.25) is 9.78 Å². The summed E-state index contributed by atoms with van der Waals surface area (Å²) in [6, 6.07) is 13.0. The zero-order chi connectivity index (χ0) is 15.4. The number of benzene rings is 1. The lowest BCUT2D eigenvalue weighted by molar-refractivity contribution is 0.0984. The summed E-state index contributed by atoms with van der Waals surface area (Å²) in [5.41, 5.74) is 1.44. The Morgan fingerprint density at radius 2 is 1.82 bits per heavy atom. The maximum absolute atomic E-state index is 12.8. The molecular weight excluding hydrogens is 276 g/mol. The molecule has 0 atom stereocenters. The van der Waals surface area contributed by atoms with Crippen molar-refractivity contribution in [2.45, 2.75) is 6.54 Å². The number of para-hydroxylation sites is 1. The summed E-state index contributed by atoms with van der Waals surface area (Å²) in [6.07, 6.45) is 6.85. The van der Waals surface area contributed by atoms with E-state index in [9.17, 15) is 4.79 Å². The highest BCUT2D eigenvalue weighted by molar-refractivity contribution is 6.05. The van der Waals surface area contributed by atoms with Gasteiger partial charge in [0, 0.05) is 43.1 Å². The molecule has 2 aromatic heterocycles. The van der Waals surface area contributed by atoms with E-state index in [2.05, 4.69) is 9.97 Å². The summed E-state index contributed by atoms with van der Waals surface area (Å²) >= 11 is 0. The Morgan fingerprint density at radius 3 is 2.45 bits per heavy atom. The molecule has 0 aliphatic heterocycles. The van der Waals surface area contributed by atoms with Gasteiger partial charge in [-0.25, -0.2) is 4.98 Å². The van der Waals surface area contributed by atoms with Gasteiger partial charge in [-0.1, -0.05) is 18.2 Å². The van der Waals surface area contributed by atoms with E-state index >= 15 is 0 Å². The number of rotatable bonds is 4. The van der Waals surface area contributed by atoms with Gasteiger partial charge in [0.2, 0.25) is 0 Å². The summed E-state index contributed by atoms with van der Waals surface area (Å²) in [7, 11) is 1.92. The molecule has 5 heteroatoms. The minimum atomic E-state index is -0.0726. The standard InChI is InChI=1S/C17H16N4O/c1-20-12-11-19-16(20)13-21(15-5-3-2-4-6-15)17(22)14-7-9-18-10-8-14/h2-12H,13H2,1H3. The van der Waals surface area contributed by atoms with Crippen LogP contribution < -0.4 is 4.90 Å². The fourth-order valence-corrected chi connectivity index (χ4v) is 2.23. The second-order valence-corrected chi connectivity index (χ2v) is 4.92. The summed E-state index contributed by atoms with van der Waals surface area (Å²) in [4.78, 5) is 22.8. The molecule has 1 aromatic carbocycles. The molecule has 0 saturated carbocycles. The largest absolute Gasteiger partial charge is 0.337 e. The first-order chi connectivity index (χ1) is 10.8. The molecule has 2 heterocycles. The zero-order valence-corrected chi connectivity index (χ0v) is 12.3. The van der Waals surface area contributed by atoms with Crippen LogP contribution in [0.15, 0.2) is 67.3 Å². The fourth-order valence-electron chi connectivity index (χ4n) is 2.23. The number of imidazole rings is 1. The van der Waals surface area contributed by atoms with Crippen molar-refractivity contribution in [1.29, 1.82) is 0 Å². The Kier molecular flexibility index (Phi) is 3.96. The number of hydrogen-bond donors (Lipinski definition) is 0. The molecule has 0 radical (unpaired) electrons. The molecule has 0 bridgehead atoms. The van der Waals surface area contributed by atoms with E-state index in [1.807, 2.05) is 48.1 Å². The van der Waals surface area contributed by atoms with Crippen LogP contribution in [0.2, 0.25) is 0 Å². The molecule has 0 spiro atoms. The van der Waals surface area contributed by atoms with Crippen LogP contribution in [0.1, 0.15) is 16.2 Å². The molecule has 3 aromatic rings. The third-order valence-electron chi connectivity index (χ3n) is 3.46. The van der Waals surface area contributed by atoms with Gasteiger partial charge in [0.25, 0.3) is 5.91 Å². The van der Waals surface area contributed by atoms with Gasteiger partial charge in [-0.15, -0.1) is 0 Å². The number of anilines is 1. The van der Waals surface area contributed by atoms with Gasteiger partial charge in [-0.2, -0.15) is 0 Å². The number of pyridine rings is 1. The van der Waals surface area contributed by atoms with E-state index in [0.29, 0.717) is 12.1 Å². The minimum absolute atomic E-state index is 0.0726.